The summed E-state index contributed by atoms with van der Waals surface area (Å²) >= 11 is 2.75. The first-order chi connectivity index (χ1) is 14.9. The van der Waals surface area contributed by atoms with Crippen LogP contribution in [-0.2, 0) is 9.59 Å². The van der Waals surface area contributed by atoms with Crippen molar-refractivity contribution < 1.29 is 14.3 Å². The number of benzene rings is 1. The van der Waals surface area contributed by atoms with E-state index in [0.29, 0.717) is 20.7 Å². The zero-order chi connectivity index (χ0) is 22.4. The second-order valence-electron chi connectivity index (χ2n) is 7.18. The SMILES string of the molecule is CC/C=C(\SC)C(=O)Oc1ccc(/C=C2/SC(=NC3=CC=C(C)CC3)N(C)C2=O)cc1. The first-order valence-corrected chi connectivity index (χ1v) is 12.1. The molecule has 162 valence electrons. The molecule has 0 atom stereocenters. The zero-order valence-electron chi connectivity index (χ0n) is 18.2. The zero-order valence-corrected chi connectivity index (χ0v) is 19.8. The van der Waals surface area contributed by atoms with Gasteiger partial charge in [0.25, 0.3) is 5.91 Å². The maximum absolute atomic E-state index is 12.6. The lowest BCUT2D eigenvalue weighted by Crippen LogP contribution is -2.24. The Labute approximate surface area is 192 Å². The minimum absolute atomic E-state index is 0.0725. The third-order valence-corrected chi connectivity index (χ3v) is 6.61. The Balaban J connectivity index is 1.71. The van der Waals surface area contributed by atoms with E-state index >= 15 is 0 Å². The number of allylic oxidation sites excluding steroid dienone is 5. The standard InChI is InChI=1S/C24H26N2O3S2/c1-5-6-20(30-4)23(28)29-19-13-9-17(10-14-19)15-21-22(27)26(3)24(31-21)25-18-11-7-16(2)8-12-18/h6-7,9-11,13-15H,5,8,12H2,1-4H3/b20-6-,21-15+,25-24?. The van der Waals surface area contributed by atoms with Gasteiger partial charge in [0.05, 0.1) is 9.81 Å². The van der Waals surface area contributed by atoms with Crippen LogP contribution in [0.2, 0.25) is 0 Å². The highest BCUT2D eigenvalue weighted by atomic mass is 32.2. The van der Waals surface area contributed by atoms with Gasteiger partial charge in [-0.3, -0.25) is 9.69 Å². The van der Waals surface area contributed by atoms with Crippen LogP contribution in [0, 0.1) is 0 Å². The lowest BCUT2D eigenvalue weighted by Gasteiger charge is -2.11. The van der Waals surface area contributed by atoms with Crippen molar-refractivity contribution in [2.45, 2.75) is 33.1 Å². The highest BCUT2D eigenvalue weighted by Crippen LogP contribution is 2.33. The number of hydrogen-bond donors (Lipinski definition) is 0. The summed E-state index contributed by atoms with van der Waals surface area (Å²) in [6.45, 7) is 4.09. The molecule has 1 amide bonds. The number of aliphatic imine (C=N–C) groups is 1. The monoisotopic (exact) mass is 454 g/mol. The van der Waals surface area contributed by atoms with E-state index in [-0.39, 0.29) is 11.9 Å². The highest BCUT2D eigenvalue weighted by Gasteiger charge is 2.30. The molecule has 0 aromatic heterocycles. The van der Waals surface area contributed by atoms with E-state index in [0.717, 1.165) is 30.5 Å². The molecule has 1 aliphatic carbocycles. The molecule has 3 rings (SSSR count). The molecular weight excluding hydrogens is 428 g/mol. The van der Waals surface area contributed by atoms with Gasteiger partial charge < -0.3 is 4.74 Å². The number of thioether (sulfide) groups is 2. The molecule has 1 fully saturated rings. The number of rotatable bonds is 6. The van der Waals surface area contributed by atoms with Crippen molar-refractivity contribution >= 4 is 46.6 Å². The predicted molar refractivity (Wildman–Crippen MR) is 131 cm³/mol. The Bertz CT molecular complexity index is 1020. The van der Waals surface area contributed by atoms with Crippen molar-refractivity contribution in [2.75, 3.05) is 13.3 Å². The molecule has 1 aliphatic heterocycles. The topological polar surface area (TPSA) is 59.0 Å². The van der Waals surface area contributed by atoms with E-state index in [1.165, 1.54) is 29.1 Å². The number of hydrogen-bond acceptors (Lipinski definition) is 6. The maximum atomic E-state index is 12.6. The molecule has 1 aromatic rings. The summed E-state index contributed by atoms with van der Waals surface area (Å²) in [7, 11) is 1.75. The van der Waals surface area contributed by atoms with E-state index in [2.05, 4.69) is 18.0 Å². The molecule has 0 unspecified atom stereocenters. The summed E-state index contributed by atoms with van der Waals surface area (Å²) in [6, 6.07) is 7.13. The number of carbonyl (C=O) groups excluding carboxylic acids is 2. The van der Waals surface area contributed by atoms with E-state index in [9.17, 15) is 9.59 Å². The Hall–Kier alpha value is -2.51. The molecule has 1 saturated heterocycles. The summed E-state index contributed by atoms with van der Waals surface area (Å²) in [5.74, 6) is 0.0452. The molecule has 1 heterocycles. The second kappa shape index (κ2) is 10.7. The summed E-state index contributed by atoms with van der Waals surface area (Å²) in [5, 5.41) is 0.688. The van der Waals surface area contributed by atoms with E-state index in [1.807, 2.05) is 43.5 Å². The molecule has 1 aromatic carbocycles. The summed E-state index contributed by atoms with van der Waals surface area (Å²) < 4.78 is 5.43. The number of likely N-dealkylation sites (N-methyl/N-ethyl adjacent to an activating group) is 1. The van der Waals surface area contributed by atoms with Gasteiger partial charge in [0.1, 0.15) is 5.75 Å². The average Bonchev–Trinajstić information content (AvgIpc) is 3.02. The van der Waals surface area contributed by atoms with Crippen molar-refractivity contribution in [3.8, 4) is 5.75 Å². The van der Waals surface area contributed by atoms with Crippen LogP contribution in [0.1, 0.15) is 38.7 Å². The van der Waals surface area contributed by atoms with Crippen molar-refractivity contribution in [3.63, 3.8) is 0 Å². The van der Waals surface area contributed by atoms with Crippen LogP contribution in [0.3, 0.4) is 0 Å². The first kappa shape index (κ1) is 23.2. The minimum atomic E-state index is -0.355. The summed E-state index contributed by atoms with van der Waals surface area (Å²) in [4.78, 5) is 32.3. The first-order valence-electron chi connectivity index (χ1n) is 10.1. The number of nitrogens with zero attached hydrogens (tertiary/aromatic N) is 2. The number of amides is 1. The highest BCUT2D eigenvalue weighted by molar-refractivity contribution is 8.18. The molecular formula is C24H26N2O3S2. The minimum Gasteiger partial charge on any atom is -0.423 e. The molecule has 0 spiro atoms. The molecule has 0 N–H and O–H groups in total. The third kappa shape index (κ3) is 6.02. The summed E-state index contributed by atoms with van der Waals surface area (Å²) in [5.41, 5.74) is 3.19. The third-order valence-electron chi connectivity index (χ3n) is 4.78. The molecule has 7 heteroatoms. The van der Waals surface area contributed by atoms with Crippen LogP contribution in [-0.4, -0.2) is 35.2 Å². The molecule has 0 radical (unpaired) electrons. The van der Waals surface area contributed by atoms with Gasteiger partial charge in [-0.25, -0.2) is 9.79 Å². The van der Waals surface area contributed by atoms with Gasteiger partial charge in [-0.15, -0.1) is 11.8 Å². The second-order valence-corrected chi connectivity index (χ2v) is 9.04. The van der Waals surface area contributed by atoms with Gasteiger partial charge in [0.15, 0.2) is 5.17 Å². The normalized spacial score (nSPS) is 19.7. The fourth-order valence-corrected chi connectivity index (χ4v) is 4.51. The van der Waals surface area contributed by atoms with Crippen LogP contribution in [0.5, 0.6) is 5.75 Å². The van der Waals surface area contributed by atoms with Crippen LogP contribution < -0.4 is 4.74 Å². The number of carbonyl (C=O) groups is 2. The number of esters is 1. The average molecular weight is 455 g/mol. The quantitative estimate of drug-likeness (QED) is 0.310. The van der Waals surface area contributed by atoms with Gasteiger partial charge >= 0.3 is 5.97 Å². The largest absolute Gasteiger partial charge is 0.423 e. The van der Waals surface area contributed by atoms with Gasteiger partial charge in [-0.05, 0) is 74.1 Å². The fourth-order valence-electron chi connectivity index (χ4n) is 2.97. The van der Waals surface area contributed by atoms with Crippen molar-refractivity contribution in [3.05, 3.63) is 69.1 Å². The molecule has 31 heavy (non-hydrogen) atoms. The fraction of sp³-hybridized carbons (Fsp3) is 0.292. The van der Waals surface area contributed by atoms with Gasteiger partial charge in [0.2, 0.25) is 0 Å². The van der Waals surface area contributed by atoms with Crippen LogP contribution in [0.4, 0.5) is 0 Å². The molecule has 5 nitrogen and oxygen atoms in total. The van der Waals surface area contributed by atoms with Gasteiger partial charge in [-0.1, -0.05) is 36.8 Å². The van der Waals surface area contributed by atoms with Crippen LogP contribution >= 0.6 is 23.5 Å². The number of amidine groups is 1. The van der Waals surface area contributed by atoms with Crippen LogP contribution in [0.15, 0.2) is 68.6 Å². The van der Waals surface area contributed by atoms with Gasteiger partial charge in [0, 0.05) is 12.7 Å². The lowest BCUT2D eigenvalue weighted by atomic mass is 10.0. The van der Waals surface area contributed by atoms with E-state index < -0.39 is 0 Å². The maximum Gasteiger partial charge on any atom is 0.349 e. The Morgan fingerprint density at radius 2 is 2.00 bits per heavy atom. The molecule has 0 bridgehead atoms. The Morgan fingerprint density at radius 1 is 1.26 bits per heavy atom. The van der Waals surface area contributed by atoms with E-state index in [4.69, 9.17) is 4.74 Å². The smallest absolute Gasteiger partial charge is 0.349 e. The van der Waals surface area contributed by atoms with Gasteiger partial charge in [-0.2, -0.15) is 0 Å². The molecule has 2 aliphatic rings. The predicted octanol–water partition coefficient (Wildman–Crippen LogP) is 5.78. The lowest BCUT2D eigenvalue weighted by molar-refractivity contribution is -0.129. The Morgan fingerprint density at radius 3 is 2.61 bits per heavy atom. The Kier molecular flexibility index (Phi) is 7.98. The van der Waals surface area contributed by atoms with Crippen molar-refractivity contribution in [2.24, 2.45) is 4.99 Å². The number of ether oxygens (including phenoxy) is 1. The van der Waals surface area contributed by atoms with Crippen LogP contribution in [0.25, 0.3) is 6.08 Å². The van der Waals surface area contributed by atoms with E-state index in [1.54, 1.807) is 24.1 Å². The van der Waals surface area contributed by atoms with Crippen molar-refractivity contribution in [1.82, 2.24) is 4.90 Å². The van der Waals surface area contributed by atoms with Crippen molar-refractivity contribution in [1.29, 1.82) is 0 Å². The molecule has 0 saturated carbocycles. The summed E-state index contributed by atoms with van der Waals surface area (Å²) in [6.07, 6.45) is 12.3.